The topological polar surface area (TPSA) is 12.0 Å². The predicted molar refractivity (Wildman–Crippen MR) is 45.2 cm³/mol. The van der Waals surface area contributed by atoms with Crippen LogP contribution in [-0.2, 0) is 6.42 Å². The van der Waals surface area contributed by atoms with E-state index in [1.807, 2.05) is 13.1 Å². The van der Waals surface area contributed by atoms with Crippen molar-refractivity contribution in [3.05, 3.63) is 35.9 Å². The first-order valence-electron chi connectivity index (χ1n) is 3.62. The molecule has 1 rings (SSSR count). The zero-order chi connectivity index (χ0) is 7.23. The molecular weight excluding hydrogens is 129 g/mol. The summed E-state index contributed by atoms with van der Waals surface area (Å²) >= 11 is 0. The van der Waals surface area contributed by atoms with Gasteiger partial charge in [0.05, 0.1) is 0 Å². The minimum atomic E-state index is 0. The molecule has 0 saturated carbocycles. The minimum absolute atomic E-state index is 0. The number of benzene rings is 1. The van der Waals surface area contributed by atoms with Crippen molar-refractivity contribution in [2.24, 2.45) is 0 Å². The Balaban J connectivity index is 0. The molecule has 1 aromatic carbocycles. The molecule has 0 spiro atoms. The third-order valence-electron chi connectivity index (χ3n) is 1.51. The van der Waals surface area contributed by atoms with Gasteiger partial charge in [-0.2, -0.15) is 0 Å². The van der Waals surface area contributed by atoms with Crippen LogP contribution in [0.4, 0.5) is 0 Å². The Bertz CT molecular complexity index is 179. The second kappa shape index (κ2) is 6.49. The van der Waals surface area contributed by atoms with Crippen LogP contribution >= 0.6 is 0 Å². The van der Waals surface area contributed by atoms with E-state index in [0.717, 1.165) is 13.0 Å². The van der Waals surface area contributed by atoms with Gasteiger partial charge in [0, 0.05) is 0 Å². The van der Waals surface area contributed by atoms with E-state index in [0.29, 0.717) is 0 Å². The summed E-state index contributed by atoms with van der Waals surface area (Å²) in [5, 5.41) is 3.12. The van der Waals surface area contributed by atoms with Crippen LogP contribution in [0.5, 0.6) is 0 Å². The fourth-order valence-corrected chi connectivity index (χ4v) is 0.914. The Hall–Kier alpha value is -0.223. The molecule has 0 aliphatic carbocycles. The van der Waals surface area contributed by atoms with Crippen molar-refractivity contribution in [3.63, 3.8) is 0 Å². The second-order valence-electron chi connectivity index (χ2n) is 2.34. The largest absolute Gasteiger partial charge is 1.00 e. The van der Waals surface area contributed by atoms with Gasteiger partial charge in [0.25, 0.3) is 0 Å². The van der Waals surface area contributed by atoms with Crippen LogP contribution in [0.3, 0.4) is 0 Å². The molecule has 56 valence electrons. The van der Waals surface area contributed by atoms with Gasteiger partial charge in [-0.25, -0.2) is 0 Å². The third-order valence-corrected chi connectivity index (χ3v) is 1.51. The van der Waals surface area contributed by atoms with Crippen molar-refractivity contribution in [1.29, 1.82) is 0 Å². The van der Waals surface area contributed by atoms with Gasteiger partial charge < -0.3 is 6.74 Å². The molecule has 0 amide bonds. The molecule has 0 aliphatic heterocycles. The van der Waals surface area contributed by atoms with E-state index in [1.165, 1.54) is 5.56 Å². The van der Waals surface area contributed by atoms with Crippen molar-refractivity contribution < 1.29 is 20.3 Å². The van der Waals surface area contributed by atoms with Crippen LogP contribution in [0.2, 0.25) is 0 Å². The first-order chi connectivity index (χ1) is 4.93. The maximum Gasteiger partial charge on any atom is 1.00 e. The van der Waals surface area contributed by atoms with E-state index >= 15 is 0 Å². The third kappa shape index (κ3) is 4.26. The summed E-state index contributed by atoms with van der Waals surface area (Å²) in [6.07, 6.45) is 1.12. The van der Waals surface area contributed by atoms with E-state index in [-0.39, 0.29) is 20.3 Å². The summed E-state index contributed by atoms with van der Waals surface area (Å²) < 4.78 is 0. The maximum atomic E-state index is 3.12. The SMILES string of the molecule is CNCCc1ccccc1.[H-].[Li+]. The van der Waals surface area contributed by atoms with E-state index in [2.05, 4.69) is 29.6 Å². The van der Waals surface area contributed by atoms with E-state index < -0.39 is 0 Å². The van der Waals surface area contributed by atoms with Gasteiger partial charge in [-0.15, -0.1) is 0 Å². The Morgan fingerprint density at radius 1 is 1.27 bits per heavy atom. The average Bonchev–Trinajstić information content (AvgIpc) is 2.03. The molecule has 2 heteroatoms. The van der Waals surface area contributed by atoms with Crippen molar-refractivity contribution in [1.82, 2.24) is 5.32 Å². The fraction of sp³-hybridized carbons (Fsp3) is 0.333. The number of rotatable bonds is 3. The van der Waals surface area contributed by atoms with Crippen LogP contribution in [0.15, 0.2) is 30.3 Å². The van der Waals surface area contributed by atoms with Gasteiger partial charge >= 0.3 is 18.9 Å². The van der Waals surface area contributed by atoms with E-state index in [1.54, 1.807) is 0 Å². The molecule has 0 saturated heterocycles. The first kappa shape index (κ1) is 10.8. The molecule has 0 radical (unpaired) electrons. The van der Waals surface area contributed by atoms with E-state index in [4.69, 9.17) is 0 Å². The van der Waals surface area contributed by atoms with Gasteiger partial charge in [-0.1, -0.05) is 30.3 Å². The summed E-state index contributed by atoms with van der Waals surface area (Å²) in [6, 6.07) is 10.5. The molecule has 0 unspecified atom stereocenters. The summed E-state index contributed by atoms with van der Waals surface area (Å²) in [5.74, 6) is 0. The van der Waals surface area contributed by atoms with Crippen LogP contribution in [0, 0.1) is 0 Å². The average molecular weight is 143 g/mol. The quantitative estimate of drug-likeness (QED) is 0.511. The number of hydrogen-bond donors (Lipinski definition) is 1. The Kier molecular flexibility index (Phi) is 6.35. The standard InChI is InChI=1S/C9H13N.Li.H/c1-10-8-7-9-5-3-2-4-6-9;;/h2-6,10H,7-8H2,1H3;;/q;+1;-1. The molecule has 1 N–H and O–H groups in total. The van der Waals surface area contributed by atoms with Gasteiger partial charge in [0.2, 0.25) is 0 Å². The van der Waals surface area contributed by atoms with Crippen LogP contribution in [0.25, 0.3) is 0 Å². The summed E-state index contributed by atoms with van der Waals surface area (Å²) in [5.41, 5.74) is 1.40. The summed E-state index contributed by atoms with van der Waals surface area (Å²) in [7, 11) is 1.98. The zero-order valence-corrected chi connectivity index (χ0v) is 7.30. The minimum Gasteiger partial charge on any atom is -1.00 e. The monoisotopic (exact) mass is 143 g/mol. The van der Waals surface area contributed by atoms with Crippen molar-refractivity contribution in [2.45, 2.75) is 6.42 Å². The molecule has 0 atom stereocenters. The van der Waals surface area contributed by atoms with Crippen molar-refractivity contribution >= 4 is 0 Å². The molecule has 0 aliphatic rings. The van der Waals surface area contributed by atoms with Gasteiger partial charge in [-0.05, 0) is 25.6 Å². The smallest absolute Gasteiger partial charge is 1.00 e. The number of nitrogens with one attached hydrogen (secondary N) is 1. The first-order valence-corrected chi connectivity index (χ1v) is 3.62. The molecular formula is C9H14LiN. The summed E-state index contributed by atoms with van der Waals surface area (Å²) in [6.45, 7) is 1.06. The predicted octanol–water partition coefficient (Wildman–Crippen LogP) is -1.43. The van der Waals surface area contributed by atoms with Gasteiger partial charge in [0.1, 0.15) is 0 Å². The van der Waals surface area contributed by atoms with Gasteiger partial charge in [0.15, 0.2) is 0 Å². The van der Waals surface area contributed by atoms with E-state index in [9.17, 15) is 0 Å². The molecule has 1 aromatic rings. The number of hydrogen-bond acceptors (Lipinski definition) is 1. The Morgan fingerprint density at radius 2 is 1.91 bits per heavy atom. The van der Waals surface area contributed by atoms with Crippen molar-refractivity contribution in [3.8, 4) is 0 Å². The Labute approximate surface area is 81.9 Å². The zero-order valence-electron chi connectivity index (χ0n) is 8.30. The Morgan fingerprint density at radius 3 is 2.45 bits per heavy atom. The van der Waals surface area contributed by atoms with Crippen LogP contribution in [-0.4, -0.2) is 13.6 Å². The van der Waals surface area contributed by atoms with Crippen LogP contribution in [0.1, 0.15) is 6.99 Å². The molecule has 0 bridgehead atoms. The summed E-state index contributed by atoms with van der Waals surface area (Å²) in [4.78, 5) is 0. The van der Waals surface area contributed by atoms with Crippen molar-refractivity contribution in [2.75, 3.05) is 13.6 Å². The molecule has 1 nitrogen and oxygen atoms in total. The maximum absolute atomic E-state index is 3.12. The fourth-order valence-electron chi connectivity index (χ4n) is 0.914. The number of likely N-dealkylation sites (N-methyl/N-ethyl adjacent to an activating group) is 1. The van der Waals surface area contributed by atoms with Crippen LogP contribution < -0.4 is 24.2 Å². The normalized spacial score (nSPS) is 8.82. The van der Waals surface area contributed by atoms with Gasteiger partial charge in [-0.3, -0.25) is 0 Å². The molecule has 11 heavy (non-hydrogen) atoms. The molecule has 0 heterocycles. The molecule has 0 fully saturated rings. The second-order valence-corrected chi connectivity index (χ2v) is 2.34. The molecule has 0 aromatic heterocycles.